The number of hydrogen-bond acceptors (Lipinski definition) is 5. The van der Waals surface area contributed by atoms with Crippen molar-refractivity contribution in [1.82, 2.24) is 0 Å². The van der Waals surface area contributed by atoms with Crippen LogP contribution in [0.15, 0.2) is 36.4 Å². The fraction of sp³-hybridized carbons (Fsp3) is 0.353. The molecule has 0 radical (unpaired) electrons. The van der Waals surface area contributed by atoms with Gasteiger partial charge in [-0.1, -0.05) is 12.2 Å². The third kappa shape index (κ3) is 1.73. The van der Waals surface area contributed by atoms with Crippen LogP contribution in [0.1, 0.15) is 17.3 Å². The van der Waals surface area contributed by atoms with E-state index in [0.717, 1.165) is 4.90 Å². The van der Waals surface area contributed by atoms with Gasteiger partial charge in [0.05, 0.1) is 30.2 Å². The van der Waals surface area contributed by atoms with E-state index in [0.29, 0.717) is 11.3 Å². The zero-order valence-corrected chi connectivity index (χ0v) is 12.4. The third-order valence-electron chi connectivity index (χ3n) is 4.93. The molecule has 23 heavy (non-hydrogen) atoms. The molecule has 6 nitrogen and oxygen atoms in total. The summed E-state index contributed by atoms with van der Waals surface area (Å²) in [6.45, 7) is 1.12. The molecule has 1 N–H and O–H groups in total. The van der Waals surface area contributed by atoms with Crippen LogP contribution < -0.4 is 4.90 Å². The molecule has 0 aliphatic carbocycles. The number of benzene rings is 1. The lowest BCUT2D eigenvalue weighted by Gasteiger charge is -2.26. The summed E-state index contributed by atoms with van der Waals surface area (Å²) < 4.78 is 5.68. The van der Waals surface area contributed by atoms with Crippen LogP contribution in [0.3, 0.4) is 0 Å². The Labute approximate surface area is 132 Å². The molecular weight excluding hydrogens is 298 g/mol. The van der Waals surface area contributed by atoms with Gasteiger partial charge in [-0.25, -0.2) is 4.90 Å². The van der Waals surface area contributed by atoms with Crippen LogP contribution in [-0.4, -0.2) is 41.0 Å². The molecule has 2 saturated heterocycles. The quantitative estimate of drug-likeness (QED) is 0.504. The van der Waals surface area contributed by atoms with E-state index in [4.69, 9.17) is 4.74 Å². The highest BCUT2D eigenvalue weighted by molar-refractivity contribution is 6.23. The lowest BCUT2D eigenvalue weighted by Crippen LogP contribution is -2.43. The molecule has 0 aromatic heterocycles. The molecular formula is C17H15NO5. The maximum absolute atomic E-state index is 12.8. The maximum atomic E-state index is 12.8. The Hall–Kier alpha value is -2.31. The maximum Gasteiger partial charge on any atom is 0.241 e. The summed E-state index contributed by atoms with van der Waals surface area (Å²) in [5.41, 5.74) is -0.132. The fourth-order valence-corrected chi connectivity index (χ4v) is 3.78. The van der Waals surface area contributed by atoms with E-state index < -0.39 is 23.5 Å². The molecule has 3 aliphatic rings. The summed E-state index contributed by atoms with van der Waals surface area (Å²) >= 11 is 0. The Kier molecular flexibility index (Phi) is 2.86. The first kappa shape index (κ1) is 14.3. The van der Waals surface area contributed by atoms with Gasteiger partial charge >= 0.3 is 0 Å². The minimum Gasteiger partial charge on any atom is -0.393 e. The minimum atomic E-state index is -1.09. The predicted molar refractivity (Wildman–Crippen MR) is 79.7 cm³/mol. The highest BCUT2D eigenvalue weighted by atomic mass is 16.5. The molecule has 0 spiro atoms. The summed E-state index contributed by atoms with van der Waals surface area (Å²) in [4.78, 5) is 38.0. The Bertz CT molecular complexity index is 753. The summed E-state index contributed by atoms with van der Waals surface area (Å²) in [5, 5.41) is 9.65. The van der Waals surface area contributed by atoms with E-state index in [-0.39, 0.29) is 24.2 Å². The average molecular weight is 313 g/mol. The van der Waals surface area contributed by atoms with E-state index >= 15 is 0 Å². The number of imide groups is 1. The van der Waals surface area contributed by atoms with Crippen LogP contribution in [0.5, 0.6) is 0 Å². The van der Waals surface area contributed by atoms with Gasteiger partial charge in [0.1, 0.15) is 5.60 Å². The van der Waals surface area contributed by atoms with Crippen molar-refractivity contribution in [2.45, 2.75) is 18.6 Å². The third-order valence-corrected chi connectivity index (χ3v) is 4.93. The van der Waals surface area contributed by atoms with E-state index in [1.54, 1.807) is 36.4 Å². The topological polar surface area (TPSA) is 83.9 Å². The number of ketones is 1. The number of anilines is 1. The van der Waals surface area contributed by atoms with Crippen LogP contribution >= 0.6 is 0 Å². The molecule has 0 saturated carbocycles. The van der Waals surface area contributed by atoms with Gasteiger partial charge in [0, 0.05) is 5.56 Å². The monoisotopic (exact) mass is 313 g/mol. The standard InChI is InChI=1S/C17H15NO5/c1-9(20)10-2-4-11(5-3-10)18-15(21)13-12-6-7-17(8-19,23-12)14(13)16(18)22/h2-7,12-14,19H,8H2,1H3/t12-,13+,14-,17+/m0/s1. The largest absolute Gasteiger partial charge is 0.393 e. The number of carbonyl (C=O) groups is 3. The van der Waals surface area contributed by atoms with E-state index in [2.05, 4.69) is 0 Å². The number of Topliss-reactive ketones (excluding diaryl/α,β-unsaturated/α-hetero) is 1. The summed E-state index contributed by atoms with van der Waals surface area (Å²) in [5.74, 6) is -2.05. The van der Waals surface area contributed by atoms with Gasteiger partial charge in [-0.2, -0.15) is 0 Å². The van der Waals surface area contributed by atoms with Crippen LogP contribution in [0, 0.1) is 11.8 Å². The van der Waals surface area contributed by atoms with Gasteiger partial charge in [0.25, 0.3) is 0 Å². The lowest BCUT2D eigenvalue weighted by atomic mass is 9.77. The predicted octanol–water partition coefficient (Wildman–Crippen LogP) is 0.694. The number of carbonyl (C=O) groups excluding carboxylic acids is 3. The average Bonchev–Trinajstić information content (AvgIpc) is 3.19. The van der Waals surface area contributed by atoms with Crippen LogP contribution in [-0.2, 0) is 14.3 Å². The second-order valence-corrected chi connectivity index (χ2v) is 6.17. The fourth-order valence-electron chi connectivity index (χ4n) is 3.78. The van der Waals surface area contributed by atoms with Crippen molar-refractivity contribution in [3.8, 4) is 0 Å². The Morgan fingerprint density at radius 2 is 1.96 bits per heavy atom. The van der Waals surface area contributed by atoms with Gasteiger partial charge in [-0.05, 0) is 31.2 Å². The van der Waals surface area contributed by atoms with Crippen molar-refractivity contribution in [3.05, 3.63) is 42.0 Å². The zero-order chi connectivity index (χ0) is 16.4. The van der Waals surface area contributed by atoms with Crippen molar-refractivity contribution >= 4 is 23.3 Å². The first-order chi connectivity index (χ1) is 11.0. The zero-order valence-electron chi connectivity index (χ0n) is 12.4. The molecule has 1 aromatic carbocycles. The minimum absolute atomic E-state index is 0.0811. The molecule has 118 valence electrons. The molecule has 4 rings (SSSR count). The number of aliphatic hydroxyl groups is 1. The highest BCUT2D eigenvalue weighted by Gasteiger charge is 2.67. The SMILES string of the molecule is CC(=O)c1ccc(N2C(=O)[C@@H]3[C@@H]4C=C[C@](CO)(O4)[C@@H]3C2=O)cc1. The summed E-state index contributed by atoms with van der Waals surface area (Å²) in [6, 6.07) is 6.37. The number of rotatable bonds is 3. The summed E-state index contributed by atoms with van der Waals surface area (Å²) in [6.07, 6.45) is 2.96. The number of ether oxygens (including phenoxy) is 1. The van der Waals surface area contributed by atoms with Crippen molar-refractivity contribution in [2.24, 2.45) is 11.8 Å². The molecule has 2 fully saturated rings. The van der Waals surface area contributed by atoms with Crippen LogP contribution in [0.2, 0.25) is 0 Å². The number of hydrogen-bond donors (Lipinski definition) is 1. The second-order valence-electron chi connectivity index (χ2n) is 6.17. The normalized spacial score (nSPS) is 34.3. The summed E-state index contributed by atoms with van der Waals surface area (Å²) in [7, 11) is 0. The van der Waals surface area contributed by atoms with Gasteiger partial charge in [-0.15, -0.1) is 0 Å². The Morgan fingerprint density at radius 3 is 2.57 bits per heavy atom. The van der Waals surface area contributed by atoms with Crippen molar-refractivity contribution < 1.29 is 24.2 Å². The number of aliphatic hydroxyl groups excluding tert-OH is 1. The van der Waals surface area contributed by atoms with E-state index in [1.165, 1.54) is 6.92 Å². The molecule has 1 aromatic rings. The van der Waals surface area contributed by atoms with Crippen molar-refractivity contribution in [2.75, 3.05) is 11.5 Å². The number of amides is 2. The second kappa shape index (κ2) is 4.59. The molecule has 6 heteroatoms. The Morgan fingerprint density at radius 1 is 1.26 bits per heavy atom. The molecule has 3 aliphatic heterocycles. The van der Waals surface area contributed by atoms with E-state index in [9.17, 15) is 19.5 Å². The first-order valence-electron chi connectivity index (χ1n) is 7.45. The number of fused-ring (bicyclic) bond motifs is 5. The van der Waals surface area contributed by atoms with Crippen LogP contribution in [0.4, 0.5) is 5.69 Å². The Balaban J connectivity index is 1.72. The molecule has 4 atom stereocenters. The van der Waals surface area contributed by atoms with Crippen molar-refractivity contribution in [3.63, 3.8) is 0 Å². The molecule has 3 heterocycles. The molecule has 0 unspecified atom stereocenters. The van der Waals surface area contributed by atoms with E-state index in [1.807, 2.05) is 0 Å². The van der Waals surface area contributed by atoms with Gasteiger partial charge in [-0.3, -0.25) is 14.4 Å². The van der Waals surface area contributed by atoms with Crippen molar-refractivity contribution in [1.29, 1.82) is 0 Å². The van der Waals surface area contributed by atoms with Gasteiger partial charge in [0.2, 0.25) is 11.8 Å². The first-order valence-corrected chi connectivity index (χ1v) is 7.45. The lowest BCUT2D eigenvalue weighted by molar-refractivity contribution is -0.128. The van der Waals surface area contributed by atoms with Gasteiger partial charge < -0.3 is 9.84 Å². The van der Waals surface area contributed by atoms with Gasteiger partial charge in [0.15, 0.2) is 5.78 Å². The smallest absolute Gasteiger partial charge is 0.241 e. The highest BCUT2D eigenvalue weighted by Crippen LogP contribution is 2.52. The number of nitrogens with zero attached hydrogens (tertiary/aromatic N) is 1. The van der Waals surface area contributed by atoms with Crippen LogP contribution in [0.25, 0.3) is 0 Å². The molecule has 2 bridgehead atoms. The molecule has 2 amide bonds.